The summed E-state index contributed by atoms with van der Waals surface area (Å²) in [4.78, 5) is 25.5. The van der Waals surface area contributed by atoms with Crippen molar-refractivity contribution < 1.29 is 19.1 Å². The Labute approximate surface area is 169 Å². The first kappa shape index (κ1) is 19.8. The molecule has 1 heterocycles. The minimum absolute atomic E-state index is 0.142. The van der Waals surface area contributed by atoms with Crippen molar-refractivity contribution in [1.29, 1.82) is 0 Å². The summed E-state index contributed by atoms with van der Waals surface area (Å²) in [5.41, 5.74) is 2.15. The minimum Gasteiger partial charge on any atom is -0.497 e. The van der Waals surface area contributed by atoms with E-state index in [1.807, 2.05) is 30.5 Å². The Hall–Kier alpha value is -2.91. The van der Waals surface area contributed by atoms with E-state index in [1.165, 1.54) is 0 Å². The SMILES string of the molecule is COc1ccc(COC(=O)c2ccc(C#CCN3C(=O)CC3SC)cc2)cc1. The predicted molar refractivity (Wildman–Crippen MR) is 109 cm³/mol. The van der Waals surface area contributed by atoms with Crippen molar-refractivity contribution in [2.24, 2.45) is 0 Å². The standard InChI is InChI=1S/C22H21NO4S/c1-26-19-11-7-17(8-12-19)15-27-22(25)18-9-5-16(6-10-18)4-3-13-23-20(24)14-21(23)28-2/h5-12,21H,13-15H2,1-2H3. The number of amides is 1. The molecule has 0 radical (unpaired) electrons. The molecule has 1 aliphatic rings. The number of carbonyl (C=O) groups excluding carboxylic acids is 2. The summed E-state index contributed by atoms with van der Waals surface area (Å²) < 4.78 is 10.4. The number of hydrogen-bond donors (Lipinski definition) is 0. The first-order valence-corrected chi connectivity index (χ1v) is 10.1. The van der Waals surface area contributed by atoms with Crippen LogP contribution >= 0.6 is 11.8 Å². The molecule has 6 heteroatoms. The van der Waals surface area contributed by atoms with Crippen LogP contribution in [0.3, 0.4) is 0 Å². The Bertz CT molecular complexity index is 897. The van der Waals surface area contributed by atoms with Crippen molar-refractivity contribution in [2.75, 3.05) is 19.9 Å². The van der Waals surface area contributed by atoms with Gasteiger partial charge in [-0.2, -0.15) is 0 Å². The van der Waals surface area contributed by atoms with Crippen LogP contribution in [0.4, 0.5) is 0 Å². The summed E-state index contributed by atoms with van der Waals surface area (Å²) in [6.07, 6.45) is 2.58. The zero-order valence-electron chi connectivity index (χ0n) is 15.8. The lowest BCUT2D eigenvalue weighted by atomic mass is 10.1. The fourth-order valence-electron chi connectivity index (χ4n) is 2.70. The highest BCUT2D eigenvalue weighted by Gasteiger charge is 2.34. The van der Waals surface area contributed by atoms with Crippen molar-refractivity contribution in [1.82, 2.24) is 4.90 Å². The van der Waals surface area contributed by atoms with E-state index in [2.05, 4.69) is 11.8 Å². The zero-order chi connectivity index (χ0) is 19.9. The molecule has 2 aromatic carbocycles. The molecule has 0 aliphatic carbocycles. The number of likely N-dealkylation sites (tertiary alicyclic amines) is 1. The number of hydrogen-bond acceptors (Lipinski definition) is 5. The van der Waals surface area contributed by atoms with Crippen LogP contribution in [0.1, 0.15) is 27.9 Å². The fraction of sp³-hybridized carbons (Fsp3) is 0.273. The lowest BCUT2D eigenvalue weighted by Gasteiger charge is -2.37. The monoisotopic (exact) mass is 395 g/mol. The van der Waals surface area contributed by atoms with Crippen molar-refractivity contribution in [3.05, 3.63) is 65.2 Å². The molecule has 5 nitrogen and oxygen atoms in total. The van der Waals surface area contributed by atoms with Gasteiger partial charge in [0.1, 0.15) is 12.4 Å². The number of thioether (sulfide) groups is 1. The Morgan fingerprint density at radius 2 is 1.89 bits per heavy atom. The molecule has 0 N–H and O–H groups in total. The van der Waals surface area contributed by atoms with Gasteiger partial charge in [0.05, 0.1) is 31.0 Å². The molecule has 0 spiro atoms. The van der Waals surface area contributed by atoms with Crippen molar-refractivity contribution >= 4 is 23.6 Å². The number of rotatable bonds is 6. The third-order valence-corrected chi connectivity index (χ3v) is 5.39. The van der Waals surface area contributed by atoms with Gasteiger partial charge in [-0.3, -0.25) is 4.79 Å². The molecule has 2 aromatic rings. The van der Waals surface area contributed by atoms with E-state index in [1.54, 1.807) is 48.0 Å². The molecule has 1 fully saturated rings. The van der Waals surface area contributed by atoms with Gasteiger partial charge in [-0.15, -0.1) is 11.8 Å². The second-order valence-electron chi connectivity index (χ2n) is 6.22. The molecule has 0 aromatic heterocycles. The largest absolute Gasteiger partial charge is 0.497 e. The fourth-order valence-corrected chi connectivity index (χ4v) is 3.45. The third-order valence-electron chi connectivity index (χ3n) is 4.42. The Balaban J connectivity index is 1.51. The summed E-state index contributed by atoms with van der Waals surface area (Å²) in [5.74, 6) is 6.56. The first-order valence-electron chi connectivity index (χ1n) is 8.82. The average molecular weight is 395 g/mol. The van der Waals surface area contributed by atoms with E-state index >= 15 is 0 Å². The highest BCUT2D eigenvalue weighted by atomic mass is 32.2. The maximum absolute atomic E-state index is 12.2. The van der Waals surface area contributed by atoms with E-state index in [9.17, 15) is 9.59 Å². The van der Waals surface area contributed by atoms with Gasteiger partial charge < -0.3 is 14.4 Å². The summed E-state index contributed by atoms with van der Waals surface area (Å²) >= 11 is 1.66. The topological polar surface area (TPSA) is 55.8 Å². The van der Waals surface area contributed by atoms with Crippen molar-refractivity contribution in [3.8, 4) is 17.6 Å². The molecular weight excluding hydrogens is 374 g/mol. The number of nitrogens with zero attached hydrogens (tertiary/aromatic N) is 1. The van der Waals surface area contributed by atoms with E-state index in [0.717, 1.165) is 16.9 Å². The van der Waals surface area contributed by atoms with Gasteiger partial charge in [-0.05, 0) is 48.2 Å². The minimum atomic E-state index is -0.385. The number of methoxy groups -OCH3 is 1. The van der Waals surface area contributed by atoms with Gasteiger partial charge in [-0.25, -0.2) is 4.79 Å². The lowest BCUT2D eigenvalue weighted by Crippen LogP contribution is -2.50. The van der Waals surface area contributed by atoms with Crippen LogP contribution < -0.4 is 4.74 Å². The van der Waals surface area contributed by atoms with Crippen LogP contribution in [0.2, 0.25) is 0 Å². The molecule has 3 rings (SSSR count). The second-order valence-corrected chi connectivity index (χ2v) is 7.24. The zero-order valence-corrected chi connectivity index (χ0v) is 16.6. The van der Waals surface area contributed by atoms with Gasteiger partial charge in [0.2, 0.25) is 5.91 Å². The third kappa shape index (κ3) is 4.87. The molecule has 28 heavy (non-hydrogen) atoms. The summed E-state index contributed by atoms with van der Waals surface area (Å²) in [5, 5.41) is 0.240. The Morgan fingerprint density at radius 1 is 1.18 bits per heavy atom. The number of ether oxygens (including phenoxy) is 2. The van der Waals surface area contributed by atoms with Gasteiger partial charge in [0.25, 0.3) is 0 Å². The maximum Gasteiger partial charge on any atom is 0.338 e. The van der Waals surface area contributed by atoms with Gasteiger partial charge in [0.15, 0.2) is 0 Å². The first-order chi connectivity index (χ1) is 13.6. The Kier molecular flexibility index (Phi) is 6.62. The van der Waals surface area contributed by atoms with E-state index in [4.69, 9.17) is 9.47 Å². The number of β-lactam (4-membered cyclic amide) rings is 1. The van der Waals surface area contributed by atoms with Crippen LogP contribution in [0.15, 0.2) is 48.5 Å². The van der Waals surface area contributed by atoms with Crippen LogP contribution in [0.5, 0.6) is 5.75 Å². The Morgan fingerprint density at radius 3 is 2.50 bits per heavy atom. The molecule has 144 valence electrons. The lowest BCUT2D eigenvalue weighted by molar-refractivity contribution is -0.140. The van der Waals surface area contributed by atoms with E-state index in [-0.39, 0.29) is 23.9 Å². The second kappa shape index (κ2) is 9.34. The molecule has 1 saturated heterocycles. The van der Waals surface area contributed by atoms with Gasteiger partial charge in [0, 0.05) is 5.56 Å². The van der Waals surface area contributed by atoms with E-state index in [0.29, 0.717) is 18.5 Å². The smallest absolute Gasteiger partial charge is 0.338 e. The summed E-state index contributed by atoms with van der Waals surface area (Å²) in [6, 6.07) is 14.3. The van der Waals surface area contributed by atoms with Crippen LogP contribution in [-0.4, -0.2) is 42.1 Å². The number of esters is 1. The van der Waals surface area contributed by atoms with Crippen molar-refractivity contribution in [3.63, 3.8) is 0 Å². The average Bonchev–Trinajstić information content (AvgIpc) is 2.73. The quantitative estimate of drug-likeness (QED) is 0.427. The maximum atomic E-state index is 12.2. The predicted octanol–water partition coefficient (Wildman–Crippen LogP) is 3.33. The highest BCUT2D eigenvalue weighted by Crippen LogP contribution is 2.26. The van der Waals surface area contributed by atoms with Crippen LogP contribution in [0, 0.1) is 11.8 Å². The normalized spacial score (nSPS) is 15.3. The van der Waals surface area contributed by atoms with Gasteiger partial charge in [-0.1, -0.05) is 24.0 Å². The molecule has 0 saturated carbocycles. The molecule has 1 aliphatic heterocycles. The van der Waals surface area contributed by atoms with E-state index < -0.39 is 0 Å². The van der Waals surface area contributed by atoms with Gasteiger partial charge >= 0.3 is 5.97 Å². The number of benzene rings is 2. The molecule has 0 bridgehead atoms. The highest BCUT2D eigenvalue weighted by molar-refractivity contribution is 7.99. The molecule has 1 atom stereocenters. The molecular formula is C22H21NO4S. The number of carbonyl (C=O) groups is 2. The molecule has 1 amide bonds. The molecule has 1 unspecified atom stereocenters. The summed E-state index contributed by atoms with van der Waals surface area (Å²) in [6.45, 7) is 0.626. The van der Waals surface area contributed by atoms with Crippen molar-refractivity contribution in [2.45, 2.75) is 18.4 Å². The summed E-state index contributed by atoms with van der Waals surface area (Å²) in [7, 11) is 1.61. The van der Waals surface area contributed by atoms with Crippen LogP contribution in [0.25, 0.3) is 0 Å². The van der Waals surface area contributed by atoms with Crippen LogP contribution in [-0.2, 0) is 16.1 Å².